The molecule has 2 saturated heterocycles. The maximum absolute atomic E-state index is 12.3. The van der Waals surface area contributed by atoms with Gasteiger partial charge < -0.3 is 20.3 Å². The number of hydrogen-bond acceptors (Lipinski definition) is 7. The van der Waals surface area contributed by atoms with Crippen LogP contribution in [0.4, 0.5) is 16.2 Å². The van der Waals surface area contributed by atoms with Crippen LogP contribution in [0.15, 0.2) is 77.4 Å². The summed E-state index contributed by atoms with van der Waals surface area (Å²) in [5.41, 5.74) is 4.26. The first-order valence-electron chi connectivity index (χ1n) is 15.0. The Morgan fingerprint density at radius 2 is 1.80 bits per heavy atom. The highest BCUT2D eigenvalue weighted by Gasteiger charge is 2.30. The van der Waals surface area contributed by atoms with Crippen LogP contribution < -0.4 is 5.32 Å². The van der Waals surface area contributed by atoms with Crippen LogP contribution in [0.5, 0.6) is 5.88 Å². The summed E-state index contributed by atoms with van der Waals surface area (Å²) in [6, 6.07) is 18.6. The number of nitro benzene ring substituents is 1. The van der Waals surface area contributed by atoms with E-state index in [9.17, 15) is 29.6 Å². The van der Waals surface area contributed by atoms with Gasteiger partial charge in [-0.15, -0.1) is 0 Å². The summed E-state index contributed by atoms with van der Waals surface area (Å²) in [5, 5.41) is 25.6. The number of fused-ring (bicyclic) bond motifs is 1. The predicted octanol–water partition coefficient (Wildman–Crippen LogP) is 5.42. The highest BCUT2D eigenvalue weighted by molar-refractivity contribution is 6.22. The molecular weight excluding hydrogens is 588 g/mol. The van der Waals surface area contributed by atoms with Crippen LogP contribution in [0, 0.1) is 10.1 Å². The molecular formula is C34H32N6O6. The zero-order chi connectivity index (χ0) is 32.4. The van der Waals surface area contributed by atoms with E-state index in [0.717, 1.165) is 49.2 Å². The molecule has 0 radical (unpaired) electrons. The van der Waals surface area contributed by atoms with E-state index in [0.29, 0.717) is 45.4 Å². The number of non-ortho nitro benzene ring substituents is 1. The molecule has 2 aliphatic heterocycles. The van der Waals surface area contributed by atoms with Crippen molar-refractivity contribution in [2.45, 2.75) is 32.1 Å². The number of piperidine rings is 1. The second kappa shape index (κ2) is 12.7. The van der Waals surface area contributed by atoms with Crippen LogP contribution in [-0.4, -0.2) is 68.5 Å². The first kappa shape index (κ1) is 30.3. The summed E-state index contributed by atoms with van der Waals surface area (Å²) in [5.74, 6) is -0.385. The van der Waals surface area contributed by atoms with Crippen LogP contribution in [0.1, 0.15) is 47.9 Å². The molecule has 1 aromatic heterocycles. The Bertz CT molecular complexity index is 1910. The van der Waals surface area contributed by atoms with Crippen molar-refractivity contribution >= 4 is 51.9 Å². The molecule has 0 saturated carbocycles. The standard InChI is InChI=1S/C34H32N6O6/c1-38-33(43)28(37-34(38)44)19-22-9-13-24(14-10-22)35-31(30-26-20-25(40(45)46)15-16-27(26)36-32(30)42)23-11-7-21(8-12-23)5-4-18-39-17-3-2-6-29(39)41/h7-16,19-20,36,42H,2-6,17-18H2,1H3,(H,37,44)/b28-19-,35-31?. The summed E-state index contributed by atoms with van der Waals surface area (Å²) in [7, 11) is 1.40. The summed E-state index contributed by atoms with van der Waals surface area (Å²) in [6.07, 6.45) is 5.83. The van der Waals surface area contributed by atoms with Crippen molar-refractivity contribution in [2.24, 2.45) is 4.99 Å². The number of H-pyrrole nitrogens is 1. The van der Waals surface area contributed by atoms with Crippen molar-refractivity contribution in [3.05, 3.63) is 105 Å². The summed E-state index contributed by atoms with van der Waals surface area (Å²) in [6.45, 7) is 1.54. The van der Waals surface area contributed by atoms with Gasteiger partial charge in [-0.05, 0) is 61.1 Å². The van der Waals surface area contributed by atoms with E-state index in [2.05, 4.69) is 10.3 Å². The number of carbonyl (C=O) groups is 3. The van der Waals surface area contributed by atoms with Gasteiger partial charge in [0.2, 0.25) is 5.91 Å². The van der Waals surface area contributed by atoms with Gasteiger partial charge in [-0.2, -0.15) is 0 Å². The molecule has 0 unspecified atom stereocenters. The molecule has 46 heavy (non-hydrogen) atoms. The fourth-order valence-electron chi connectivity index (χ4n) is 5.75. The average molecular weight is 621 g/mol. The number of aromatic amines is 1. The molecule has 2 fully saturated rings. The lowest BCUT2D eigenvalue weighted by Gasteiger charge is -2.26. The lowest BCUT2D eigenvalue weighted by molar-refractivity contribution is -0.384. The summed E-state index contributed by atoms with van der Waals surface area (Å²) in [4.78, 5) is 58.0. The van der Waals surface area contributed by atoms with Gasteiger partial charge in [0.05, 0.1) is 21.9 Å². The first-order valence-corrected chi connectivity index (χ1v) is 15.0. The van der Waals surface area contributed by atoms with Crippen molar-refractivity contribution in [2.75, 3.05) is 20.1 Å². The van der Waals surface area contributed by atoms with Crippen LogP contribution in [-0.2, 0) is 16.0 Å². The number of nitrogens with zero attached hydrogens (tertiary/aromatic N) is 4. The molecule has 12 nitrogen and oxygen atoms in total. The number of benzene rings is 3. The Balaban J connectivity index is 1.32. The maximum Gasteiger partial charge on any atom is 0.328 e. The molecule has 3 N–H and O–H groups in total. The van der Waals surface area contributed by atoms with Gasteiger partial charge in [-0.3, -0.25) is 24.6 Å². The van der Waals surface area contributed by atoms with Gasteiger partial charge >= 0.3 is 6.03 Å². The van der Waals surface area contributed by atoms with Crippen LogP contribution in [0.2, 0.25) is 0 Å². The quantitative estimate of drug-likeness (QED) is 0.0745. The Morgan fingerprint density at radius 3 is 2.48 bits per heavy atom. The minimum Gasteiger partial charge on any atom is -0.494 e. The van der Waals surface area contributed by atoms with E-state index < -0.39 is 16.9 Å². The number of aryl methyl sites for hydroxylation is 1. The van der Waals surface area contributed by atoms with Crippen LogP contribution in [0.25, 0.3) is 17.0 Å². The SMILES string of the molecule is CN1C(=O)N/C(=C\c2ccc(N=C(c3ccc(CCCN4CCCCC4=O)cc3)c3c(O)[nH]c4ccc([N+](=O)[O-])cc34)cc2)C1=O. The molecule has 0 spiro atoms. The Hall–Kier alpha value is -5.78. The number of rotatable bonds is 9. The Labute approximate surface area is 264 Å². The first-order chi connectivity index (χ1) is 22.2. The zero-order valence-electron chi connectivity index (χ0n) is 25.2. The monoisotopic (exact) mass is 620 g/mol. The van der Waals surface area contributed by atoms with E-state index in [4.69, 9.17) is 4.99 Å². The Kier molecular flexibility index (Phi) is 8.34. The van der Waals surface area contributed by atoms with E-state index in [1.165, 1.54) is 19.2 Å². The number of likely N-dealkylation sites (tertiary alicyclic amines) is 1. The third-order valence-corrected chi connectivity index (χ3v) is 8.28. The van der Waals surface area contributed by atoms with Gasteiger partial charge in [0.15, 0.2) is 5.88 Å². The number of imide groups is 1. The molecule has 4 amide bonds. The third kappa shape index (κ3) is 6.23. The largest absolute Gasteiger partial charge is 0.494 e. The molecule has 2 aliphatic rings. The second-order valence-electron chi connectivity index (χ2n) is 11.4. The molecule has 3 heterocycles. The number of aliphatic imine (C=N–C) groups is 1. The molecule has 3 aromatic carbocycles. The van der Waals surface area contributed by atoms with Gasteiger partial charge in [0.25, 0.3) is 11.6 Å². The minimum atomic E-state index is -0.496. The topological polar surface area (TPSA) is 161 Å². The maximum atomic E-state index is 12.3. The molecule has 4 aromatic rings. The van der Waals surface area contributed by atoms with Gasteiger partial charge in [-0.25, -0.2) is 9.79 Å². The van der Waals surface area contributed by atoms with Crippen molar-refractivity contribution in [3.63, 3.8) is 0 Å². The number of hydrogen-bond donors (Lipinski definition) is 3. The van der Waals surface area contributed by atoms with Crippen molar-refractivity contribution in [3.8, 4) is 5.88 Å². The zero-order valence-corrected chi connectivity index (χ0v) is 25.2. The van der Waals surface area contributed by atoms with Gasteiger partial charge in [0, 0.05) is 55.2 Å². The Morgan fingerprint density at radius 1 is 1.04 bits per heavy atom. The van der Waals surface area contributed by atoms with Crippen molar-refractivity contribution < 1.29 is 24.4 Å². The number of nitro groups is 1. The average Bonchev–Trinajstić information content (AvgIpc) is 3.50. The third-order valence-electron chi connectivity index (χ3n) is 8.28. The molecule has 12 heteroatoms. The number of urea groups is 1. The molecule has 6 rings (SSSR count). The number of aromatic hydroxyl groups is 1. The van der Waals surface area contributed by atoms with E-state index in [1.807, 2.05) is 29.2 Å². The normalized spacial score (nSPS) is 16.5. The van der Waals surface area contributed by atoms with E-state index in [-0.39, 0.29) is 23.2 Å². The van der Waals surface area contributed by atoms with Gasteiger partial charge in [-0.1, -0.05) is 36.4 Å². The number of nitrogens with one attached hydrogen (secondary N) is 2. The second-order valence-corrected chi connectivity index (χ2v) is 11.4. The number of amides is 4. The molecule has 0 bridgehead atoms. The van der Waals surface area contributed by atoms with Crippen LogP contribution in [0.3, 0.4) is 0 Å². The molecule has 234 valence electrons. The summed E-state index contributed by atoms with van der Waals surface area (Å²) < 4.78 is 0. The van der Waals surface area contributed by atoms with E-state index >= 15 is 0 Å². The minimum absolute atomic E-state index is 0.119. The lowest BCUT2D eigenvalue weighted by atomic mass is 9.98. The lowest BCUT2D eigenvalue weighted by Crippen LogP contribution is -2.36. The summed E-state index contributed by atoms with van der Waals surface area (Å²) >= 11 is 0. The van der Waals surface area contributed by atoms with Crippen molar-refractivity contribution in [1.82, 2.24) is 20.1 Å². The van der Waals surface area contributed by atoms with E-state index in [1.54, 1.807) is 36.4 Å². The highest BCUT2D eigenvalue weighted by atomic mass is 16.6. The number of aromatic nitrogens is 1. The van der Waals surface area contributed by atoms with Gasteiger partial charge in [0.1, 0.15) is 5.70 Å². The number of carbonyl (C=O) groups excluding carboxylic acids is 3. The number of likely N-dealkylation sites (N-methyl/N-ethyl adjacent to an activating group) is 1. The van der Waals surface area contributed by atoms with Crippen LogP contribution >= 0.6 is 0 Å². The molecule has 0 atom stereocenters. The predicted molar refractivity (Wildman–Crippen MR) is 173 cm³/mol. The molecule has 0 aliphatic carbocycles. The van der Waals surface area contributed by atoms with Crippen molar-refractivity contribution in [1.29, 1.82) is 0 Å². The fourth-order valence-corrected chi connectivity index (χ4v) is 5.75. The fraction of sp³-hybridized carbons (Fsp3) is 0.235. The smallest absolute Gasteiger partial charge is 0.328 e. The highest BCUT2D eigenvalue weighted by Crippen LogP contribution is 2.34.